The van der Waals surface area contributed by atoms with E-state index in [2.05, 4.69) is 19.9 Å². The molecule has 0 aliphatic rings. The van der Waals surface area contributed by atoms with Gasteiger partial charge >= 0.3 is 0 Å². The lowest BCUT2D eigenvalue weighted by Gasteiger charge is -2.07. The third kappa shape index (κ3) is 3.80. The van der Waals surface area contributed by atoms with Gasteiger partial charge in [0, 0.05) is 12.0 Å². The molecular weight excluding hydrogens is 196 g/mol. The molecule has 1 aromatic rings. The Hall–Kier alpha value is -1.11. The molecular formula is C15H22O. The standard InChI is InChI=1S/C15H22O/c1-3-5-9-13-10-7-8-11-14(13)15(16)12-6-4-2/h7-8,10-11H,3-6,9,12H2,1-2H3. The van der Waals surface area contributed by atoms with Crippen molar-refractivity contribution in [1.29, 1.82) is 0 Å². The van der Waals surface area contributed by atoms with Crippen molar-refractivity contribution in [3.8, 4) is 0 Å². The minimum absolute atomic E-state index is 0.313. The number of aryl methyl sites for hydroxylation is 1. The lowest BCUT2D eigenvalue weighted by molar-refractivity contribution is 0.0979. The minimum Gasteiger partial charge on any atom is -0.294 e. The summed E-state index contributed by atoms with van der Waals surface area (Å²) in [6.07, 6.45) is 6.16. The monoisotopic (exact) mass is 218 g/mol. The van der Waals surface area contributed by atoms with Crippen LogP contribution in [0.3, 0.4) is 0 Å². The highest BCUT2D eigenvalue weighted by Crippen LogP contribution is 2.15. The van der Waals surface area contributed by atoms with Gasteiger partial charge in [0.05, 0.1) is 0 Å². The first-order valence-electron chi connectivity index (χ1n) is 6.40. The Bertz CT molecular complexity index is 328. The number of carbonyl (C=O) groups is 1. The maximum Gasteiger partial charge on any atom is 0.163 e. The second-order valence-electron chi connectivity index (χ2n) is 4.29. The van der Waals surface area contributed by atoms with E-state index >= 15 is 0 Å². The number of carbonyl (C=O) groups excluding carboxylic acids is 1. The molecule has 0 atom stereocenters. The summed E-state index contributed by atoms with van der Waals surface area (Å²) in [5.74, 6) is 0.313. The summed E-state index contributed by atoms with van der Waals surface area (Å²) in [6, 6.07) is 8.06. The fraction of sp³-hybridized carbons (Fsp3) is 0.533. The highest BCUT2D eigenvalue weighted by atomic mass is 16.1. The van der Waals surface area contributed by atoms with Crippen molar-refractivity contribution < 1.29 is 4.79 Å². The van der Waals surface area contributed by atoms with Gasteiger partial charge in [-0.1, -0.05) is 51.0 Å². The van der Waals surface area contributed by atoms with Crippen LogP contribution < -0.4 is 0 Å². The summed E-state index contributed by atoms with van der Waals surface area (Å²) < 4.78 is 0. The lowest BCUT2D eigenvalue weighted by atomic mass is 9.97. The summed E-state index contributed by atoms with van der Waals surface area (Å²) in [4.78, 5) is 12.0. The van der Waals surface area contributed by atoms with Crippen LogP contribution in [0.1, 0.15) is 61.9 Å². The third-order valence-electron chi connectivity index (χ3n) is 2.87. The van der Waals surface area contributed by atoms with Crippen molar-refractivity contribution in [3.05, 3.63) is 35.4 Å². The molecule has 88 valence electrons. The normalized spacial score (nSPS) is 10.4. The average molecular weight is 218 g/mol. The van der Waals surface area contributed by atoms with Crippen LogP contribution in [-0.2, 0) is 6.42 Å². The molecule has 16 heavy (non-hydrogen) atoms. The molecule has 0 amide bonds. The van der Waals surface area contributed by atoms with Gasteiger partial charge in [-0.2, -0.15) is 0 Å². The minimum atomic E-state index is 0.313. The molecule has 0 aromatic heterocycles. The van der Waals surface area contributed by atoms with Gasteiger partial charge in [-0.25, -0.2) is 0 Å². The zero-order valence-electron chi connectivity index (χ0n) is 10.5. The van der Waals surface area contributed by atoms with Gasteiger partial charge in [0.2, 0.25) is 0 Å². The zero-order valence-corrected chi connectivity index (χ0v) is 10.5. The van der Waals surface area contributed by atoms with Crippen LogP contribution in [0.15, 0.2) is 24.3 Å². The topological polar surface area (TPSA) is 17.1 Å². The SMILES string of the molecule is CCCCC(=O)c1ccccc1CCCC. The van der Waals surface area contributed by atoms with Gasteiger partial charge in [0.25, 0.3) is 0 Å². The Morgan fingerprint density at radius 3 is 2.44 bits per heavy atom. The molecule has 0 radical (unpaired) electrons. The van der Waals surface area contributed by atoms with Crippen LogP contribution >= 0.6 is 0 Å². The van der Waals surface area contributed by atoms with Gasteiger partial charge in [0.1, 0.15) is 0 Å². The lowest BCUT2D eigenvalue weighted by Crippen LogP contribution is -2.03. The maximum absolute atomic E-state index is 12.0. The van der Waals surface area contributed by atoms with Crippen molar-refractivity contribution in [1.82, 2.24) is 0 Å². The molecule has 0 bridgehead atoms. The van der Waals surface area contributed by atoms with Crippen LogP contribution in [0.2, 0.25) is 0 Å². The largest absolute Gasteiger partial charge is 0.294 e. The van der Waals surface area contributed by atoms with Crippen LogP contribution in [0, 0.1) is 0 Å². The maximum atomic E-state index is 12.0. The molecule has 1 rings (SSSR count). The van der Waals surface area contributed by atoms with E-state index in [9.17, 15) is 4.79 Å². The molecule has 0 N–H and O–H groups in total. The van der Waals surface area contributed by atoms with Gasteiger partial charge < -0.3 is 0 Å². The fourth-order valence-corrected chi connectivity index (χ4v) is 1.85. The van der Waals surface area contributed by atoms with Gasteiger partial charge in [-0.3, -0.25) is 4.79 Å². The van der Waals surface area contributed by atoms with E-state index in [0.29, 0.717) is 12.2 Å². The molecule has 0 spiro atoms. The fourth-order valence-electron chi connectivity index (χ4n) is 1.85. The third-order valence-corrected chi connectivity index (χ3v) is 2.87. The Labute approximate surface area is 98.9 Å². The predicted octanol–water partition coefficient (Wildman–Crippen LogP) is 4.40. The smallest absolute Gasteiger partial charge is 0.163 e. The van der Waals surface area contributed by atoms with Crippen molar-refractivity contribution in [3.63, 3.8) is 0 Å². The molecule has 0 heterocycles. The van der Waals surface area contributed by atoms with E-state index in [0.717, 1.165) is 31.2 Å². The van der Waals surface area contributed by atoms with Crippen molar-refractivity contribution in [2.75, 3.05) is 0 Å². The predicted molar refractivity (Wildman–Crippen MR) is 68.9 cm³/mol. The van der Waals surface area contributed by atoms with Crippen molar-refractivity contribution in [2.24, 2.45) is 0 Å². The molecule has 0 aliphatic heterocycles. The molecule has 0 aliphatic carbocycles. The second kappa shape index (κ2) is 7.21. The summed E-state index contributed by atoms with van der Waals surface area (Å²) >= 11 is 0. The first kappa shape index (κ1) is 13.0. The molecule has 1 heteroatoms. The summed E-state index contributed by atoms with van der Waals surface area (Å²) in [6.45, 7) is 4.30. The number of ketones is 1. The molecule has 0 saturated carbocycles. The molecule has 0 unspecified atom stereocenters. The van der Waals surface area contributed by atoms with E-state index in [1.54, 1.807) is 0 Å². The number of unbranched alkanes of at least 4 members (excludes halogenated alkanes) is 2. The van der Waals surface area contributed by atoms with E-state index in [1.807, 2.05) is 18.2 Å². The molecule has 0 saturated heterocycles. The van der Waals surface area contributed by atoms with Crippen molar-refractivity contribution in [2.45, 2.75) is 52.4 Å². The van der Waals surface area contributed by atoms with Crippen LogP contribution in [-0.4, -0.2) is 5.78 Å². The van der Waals surface area contributed by atoms with Gasteiger partial charge in [-0.15, -0.1) is 0 Å². The Kier molecular flexibility index (Phi) is 5.84. The number of benzene rings is 1. The van der Waals surface area contributed by atoms with Crippen molar-refractivity contribution >= 4 is 5.78 Å². The summed E-state index contributed by atoms with van der Waals surface area (Å²) in [5, 5.41) is 0. The quantitative estimate of drug-likeness (QED) is 0.620. The zero-order chi connectivity index (χ0) is 11.8. The Balaban J connectivity index is 2.73. The number of hydrogen-bond acceptors (Lipinski definition) is 1. The van der Waals surface area contributed by atoms with E-state index in [4.69, 9.17) is 0 Å². The van der Waals surface area contributed by atoms with Crippen LogP contribution in [0.4, 0.5) is 0 Å². The second-order valence-corrected chi connectivity index (χ2v) is 4.29. The number of hydrogen-bond donors (Lipinski definition) is 0. The number of Topliss-reactive ketones (excluding diaryl/α,β-unsaturated/α-hetero) is 1. The molecule has 1 aromatic carbocycles. The van der Waals surface area contributed by atoms with E-state index in [-0.39, 0.29) is 0 Å². The molecule has 1 nitrogen and oxygen atoms in total. The summed E-state index contributed by atoms with van der Waals surface area (Å²) in [7, 11) is 0. The van der Waals surface area contributed by atoms with E-state index in [1.165, 1.54) is 12.0 Å². The first-order valence-corrected chi connectivity index (χ1v) is 6.40. The van der Waals surface area contributed by atoms with Gasteiger partial charge in [0.15, 0.2) is 5.78 Å². The first-order chi connectivity index (χ1) is 7.79. The Morgan fingerprint density at radius 2 is 1.75 bits per heavy atom. The molecule has 0 fully saturated rings. The van der Waals surface area contributed by atoms with Gasteiger partial charge in [-0.05, 0) is 24.8 Å². The highest BCUT2D eigenvalue weighted by molar-refractivity contribution is 5.97. The van der Waals surface area contributed by atoms with Crippen LogP contribution in [0.25, 0.3) is 0 Å². The summed E-state index contributed by atoms with van der Waals surface area (Å²) in [5.41, 5.74) is 2.18. The highest BCUT2D eigenvalue weighted by Gasteiger charge is 2.09. The van der Waals surface area contributed by atoms with E-state index < -0.39 is 0 Å². The number of rotatable bonds is 7. The van der Waals surface area contributed by atoms with Crippen LogP contribution in [0.5, 0.6) is 0 Å². The Morgan fingerprint density at radius 1 is 1.06 bits per heavy atom. The average Bonchev–Trinajstić information content (AvgIpc) is 2.33.